The summed E-state index contributed by atoms with van der Waals surface area (Å²) in [6.07, 6.45) is 7.47. The molecule has 1 fully saturated rings. The van der Waals surface area contributed by atoms with E-state index < -0.39 is 0 Å². The lowest BCUT2D eigenvalue weighted by Gasteiger charge is -2.20. The Morgan fingerprint density at radius 2 is 2.09 bits per heavy atom. The number of nitrogens with one attached hydrogen (secondary N) is 2. The van der Waals surface area contributed by atoms with E-state index in [9.17, 15) is 4.79 Å². The van der Waals surface area contributed by atoms with E-state index in [1.165, 1.54) is 4.88 Å². The fourth-order valence-electron chi connectivity index (χ4n) is 2.49. The molecule has 0 atom stereocenters. The predicted molar refractivity (Wildman–Crippen MR) is 91.1 cm³/mol. The highest BCUT2D eigenvalue weighted by Crippen LogP contribution is 2.31. The normalized spacial score (nSPS) is 15.1. The van der Waals surface area contributed by atoms with Crippen LogP contribution in [-0.2, 0) is 0 Å². The summed E-state index contributed by atoms with van der Waals surface area (Å²) in [7, 11) is 0. The number of nitrogens with zero attached hydrogens (tertiary/aromatic N) is 2. The van der Waals surface area contributed by atoms with Crippen LogP contribution in [0.5, 0.6) is 0 Å². The van der Waals surface area contributed by atoms with Gasteiger partial charge in [-0.05, 0) is 50.4 Å². The molecule has 5 nitrogen and oxygen atoms in total. The molecule has 0 spiro atoms. The van der Waals surface area contributed by atoms with E-state index in [1.54, 1.807) is 23.7 Å². The molecule has 118 valence electrons. The molecule has 1 aliphatic heterocycles. The number of aromatic nitrogens is 2. The summed E-state index contributed by atoms with van der Waals surface area (Å²) in [5.41, 5.74) is 1.53. The van der Waals surface area contributed by atoms with Crippen molar-refractivity contribution in [3.05, 3.63) is 40.7 Å². The zero-order valence-electron chi connectivity index (χ0n) is 12.3. The molecular weight excluding hydrogens is 320 g/mol. The number of carbonyl (C=O) groups is 1. The lowest BCUT2D eigenvalue weighted by Crippen LogP contribution is -2.26. The van der Waals surface area contributed by atoms with Gasteiger partial charge in [0.2, 0.25) is 0 Å². The van der Waals surface area contributed by atoms with Crippen LogP contribution in [0.3, 0.4) is 0 Å². The number of rotatable bonds is 3. The molecule has 0 aromatic carbocycles. The lowest BCUT2D eigenvalue weighted by atomic mass is 9.97. The minimum atomic E-state index is -0.155. The van der Waals surface area contributed by atoms with Crippen molar-refractivity contribution >= 4 is 34.8 Å². The average Bonchev–Trinajstić information content (AvgIpc) is 2.97. The fraction of sp³-hybridized carbons (Fsp3) is 0.400. The van der Waals surface area contributed by atoms with Gasteiger partial charge in [0.05, 0.1) is 5.56 Å². The topological polar surface area (TPSA) is 66.9 Å². The monoisotopic (exact) mass is 338 g/mol. The van der Waals surface area contributed by atoms with Gasteiger partial charge in [0.15, 0.2) is 5.13 Å². The maximum absolute atomic E-state index is 12.2. The Morgan fingerprint density at radius 1 is 1.32 bits per heavy atom. The van der Waals surface area contributed by atoms with E-state index in [-0.39, 0.29) is 18.3 Å². The predicted octanol–water partition coefficient (Wildman–Crippen LogP) is 2.99. The number of hydrogen-bond acceptors (Lipinski definition) is 5. The Labute approximate surface area is 140 Å². The van der Waals surface area contributed by atoms with Gasteiger partial charge in [-0.25, -0.2) is 4.98 Å². The van der Waals surface area contributed by atoms with E-state index in [4.69, 9.17) is 0 Å². The third-order valence-electron chi connectivity index (χ3n) is 3.62. The number of pyridine rings is 1. The van der Waals surface area contributed by atoms with Gasteiger partial charge in [-0.15, -0.1) is 23.7 Å². The number of aryl methyl sites for hydroxylation is 1. The highest BCUT2D eigenvalue weighted by atomic mass is 35.5. The molecule has 2 aromatic rings. The van der Waals surface area contributed by atoms with Crippen LogP contribution < -0.4 is 10.6 Å². The SMILES string of the molecule is Cc1cncc(C(=O)Nc2ncc(C3CCNCC3)s2)c1.Cl. The highest BCUT2D eigenvalue weighted by Gasteiger charge is 2.18. The van der Waals surface area contributed by atoms with Gasteiger partial charge in [-0.2, -0.15) is 0 Å². The van der Waals surface area contributed by atoms with Crippen LogP contribution in [0.4, 0.5) is 5.13 Å². The maximum Gasteiger partial charge on any atom is 0.259 e. The van der Waals surface area contributed by atoms with Gasteiger partial charge in [0.25, 0.3) is 5.91 Å². The quantitative estimate of drug-likeness (QED) is 0.902. The molecule has 3 rings (SSSR count). The number of hydrogen-bond donors (Lipinski definition) is 2. The van der Waals surface area contributed by atoms with Gasteiger partial charge in [0.1, 0.15) is 0 Å². The molecular formula is C15H19ClN4OS. The molecule has 1 aliphatic rings. The summed E-state index contributed by atoms with van der Waals surface area (Å²) in [6, 6.07) is 1.82. The van der Waals surface area contributed by atoms with Crippen molar-refractivity contribution in [2.75, 3.05) is 18.4 Å². The molecule has 0 bridgehead atoms. The van der Waals surface area contributed by atoms with Gasteiger partial charge in [-0.1, -0.05) is 0 Å². The van der Waals surface area contributed by atoms with E-state index >= 15 is 0 Å². The van der Waals surface area contributed by atoms with Crippen LogP contribution in [0.1, 0.15) is 39.6 Å². The van der Waals surface area contributed by atoms with Crippen LogP contribution >= 0.6 is 23.7 Å². The molecule has 1 amide bonds. The lowest BCUT2D eigenvalue weighted by molar-refractivity contribution is 0.102. The van der Waals surface area contributed by atoms with E-state index in [1.807, 2.05) is 19.2 Å². The first-order valence-electron chi connectivity index (χ1n) is 7.12. The Morgan fingerprint density at radius 3 is 2.82 bits per heavy atom. The molecule has 0 aliphatic carbocycles. The number of anilines is 1. The minimum Gasteiger partial charge on any atom is -0.317 e. The van der Waals surface area contributed by atoms with Gasteiger partial charge >= 0.3 is 0 Å². The van der Waals surface area contributed by atoms with Crippen molar-refractivity contribution in [3.8, 4) is 0 Å². The summed E-state index contributed by atoms with van der Waals surface area (Å²) in [6.45, 7) is 4.03. The van der Waals surface area contributed by atoms with E-state index in [0.717, 1.165) is 31.5 Å². The molecule has 0 saturated carbocycles. The number of piperidine rings is 1. The van der Waals surface area contributed by atoms with Crippen molar-refractivity contribution in [2.45, 2.75) is 25.7 Å². The third kappa shape index (κ3) is 4.03. The van der Waals surface area contributed by atoms with Crippen molar-refractivity contribution in [2.24, 2.45) is 0 Å². The molecule has 22 heavy (non-hydrogen) atoms. The van der Waals surface area contributed by atoms with Crippen LogP contribution in [0.25, 0.3) is 0 Å². The van der Waals surface area contributed by atoms with Gasteiger partial charge in [0, 0.05) is 23.5 Å². The standard InChI is InChI=1S/C15H18N4OS.ClH/c1-10-6-12(8-17-7-10)14(20)19-15-18-9-13(21-15)11-2-4-16-5-3-11;/h6-9,11,16H,2-5H2,1H3,(H,18,19,20);1H. The van der Waals surface area contributed by atoms with E-state index in [2.05, 4.69) is 20.6 Å². The second-order valence-electron chi connectivity index (χ2n) is 5.30. The second-order valence-corrected chi connectivity index (χ2v) is 6.36. The summed E-state index contributed by atoms with van der Waals surface area (Å²) < 4.78 is 0. The van der Waals surface area contributed by atoms with Crippen molar-refractivity contribution in [3.63, 3.8) is 0 Å². The summed E-state index contributed by atoms with van der Waals surface area (Å²) >= 11 is 1.58. The first kappa shape index (κ1) is 16.9. The first-order valence-corrected chi connectivity index (χ1v) is 7.93. The van der Waals surface area contributed by atoms with E-state index in [0.29, 0.717) is 16.6 Å². The summed E-state index contributed by atoms with van der Waals surface area (Å²) in [5, 5.41) is 6.88. The zero-order valence-corrected chi connectivity index (χ0v) is 14.0. The molecule has 2 aromatic heterocycles. The fourth-order valence-corrected chi connectivity index (χ4v) is 3.47. The number of amides is 1. The molecule has 3 heterocycles. The Bertz CT molecular complexity index is 640. The second kappa shape index (κ2) is 7.67. The van der Waals surface area contributed by atoms with Crippen molar-refractivity contribution < 1.29 is 4.79 Å². The average molecular weight is 339 g/mol. The van der Waals surface area contributed by atoms with Crippen LogP contribution in [0, 0.1) is 6.92 Å². The van der Waals surface area contributed by atoms with Crippen LogP contribution in [0.2, 0.25) is 0 Å². The molecule has 0 radical (unpaired) electrons. The molecule has 1 saturated heterocycles. The molecule has 2 N–H and O–H groups in total. The summed E-state index contributed by atoms with van der Waals surface area (Å²) in [4.78, 5) is 21.8. The molecule has 0 unspecified atom stereocenters. The van der Waals surface area contributed by atoms with Crippen molar-refractivity contribution in [1.29, 1.82) is 0 Å². The Balaban J connectivity index is 0.00000176. The number of halogens is 1. The highest BCUT2D eigenvalue weighted by molar-refractivity contribution is 7.15. The van der Waals surface area contributed by atoms with Gasteiger partial charge in [-0.3, -0.25) is 15.1 Å². The number of carbonyl (C=O) groups excluding carboxylic acids is 1. The smallest absolute Gasteiger partial charge is 0.259 e. The summed E-state index contributed by atoms with van der Waals surface area (Å²) in [5.74, 6) is 0.410. The zero-order chi connectivity index (χ0) is 14.7. The van der Waals surface area contributed by atoms with Crippen LogP contribution in [0.15, 0.2) is 24.7 Å². The first-order chi connectivity index (χ1) is 10.2. The van der Waals surface area contributed by atoms with Gasteiger partial charge < -0.3 is 5.32 Å². The third-order valence-corrected chi connectivity index (χ3v) is 4.70. The number of thiazole rings is 1. The van der Waals surface area contributed by atoms with Crippen LogP contribution in [-0.4, -0.2) is 29.0 Å². The maximum atomic E-state index is 12.2. The van der Waals surface area contributed by atoms with Crippen molar-refractivity contribution in [1.82, 2.24) is 15.3 Å². The largest absolute Gasteiger partial charge is 0.317 e. The Kier molecular flexibility index (Phi) is 5.88. The minimum absolute atomic E-state index is 0. The molecule has 7 heteroatoms. The Hall–Kier alpha value is -1.50.